The number of hydrogen-bond donors (Lipinski definition) is 3. The molecule has 0 aliphatic carbocycles. The maximum absolute atomic E-state index is 12.0. The minimum absolute atomic E-state index is 0.0104. The van der Waals surface area contributed by atoms with Gasteiger partial charge >= 0.3 is 0 Å². The van der Waals surface area contributed by atoms with Crippen LogP contribution < -0.4 is 21.1 Å². The van der Waals surface area contributed by atoms with Gasteiger partial charge in [0.15, 0.2) is 0 Å². The molecule has 19 heavy (non-hydrogen) atoms. The van der Waals surface area contributed by atoms with Gasteiger partial charge in [-0.05, 0) is 18.6 Å². The van der Waals surface area contributed by atoms with E-state index in [1.54, 1.807) is 18.2 Å². The minimum atomic E-state index is -0.238. The van der Waals surface area contributed by atoms with Gasteiger partial charge in [-0.1, -0.05) is 0 Å². The van der Waals surface area contributed by atoms with Gasteiger partial charge in [-0.2, -0.15) is 0 Å². The van der Waals surface area contributed by atoms with Gasteiger partial charge in [0.25, 0.3) is 5.91 Å². The molecule has 4 N–H and O–H groups in total. The summed E-state index contributed by atoms with van der Waals surface area (Å²) in [6, 6.07) is 4.88. The molecule has 0 bridgehead atoms. The smallest absolute Gasteiger partial charge is 0.255 e. The fourth-order valence-corrected chi connectivity index (χ4v) is 2.04. The molecule has 0 saturated carbocycles. The van der Waals surface area contributed by atoms with Crippen LogP contribution in [0.3, 0.4) is 0 Å². The van der Waals surface area contributed by atoms with Crippen molar-refractivity contribution in [2.75, 3.05) is 19.4 Å². The lowest BCUT2D eigenvalue weighted by Gasteiger charge is -2.13. The first-order valence-electron chi connectivity index (χ1n) is 6.11. The lowest BCUT2D eigenvalue weighted by atomic mass is 10.1. The fraction of sp³-hybridized carbons (Fsp3) is 0.385. The van der Waals surface area contributed by atoms with Crippen molar-refractivity contribution < 1.29 is 14.3 Å². The number of nitrogen functional groups attached to an aromatic ring is 1. The number of rotatable bonds is 4. The van der Waals surface area contributed by atoms with Crippen molar-refractivity contribution in [1.29, 1.82) is 0 Å². The Balaban J connectivity index is 1.98. The van der Waals surface area contributed by atoms with Crippen LogP contribution in [0.25, 0.3) is 0 Å². The highest BCUT2D eigenvalue weighted by Crippen LogP contribution is 2.21. The van der Waals surface area contributed by atoms with Crippen LogP contribution in [0.4, 0.5) is 5.69 Å². The number of ether oxygens (including phenoxy) is 1. The van der Waals surface area contributed by atoms with E-state index in [1.807, 2.05) is 0 Å². The topological polar surface area (TPSA) is 93.4 Å². The largest absolute Gasteiger partial charge is 0.496 e. The zero-order chi connectivity index (χ0) is 13.8. The van der Waals surface area contributed by atoms with Gasteiger partial charge in [0.2, 0.25) is 5.91 Å². The molecule has 1 aromatic carbocycles. The predicted molar refractivity (Wildman–Crippen MR) is 70.9 cm³/mol. The van der Waals surface area contributed by atoms with E-state index in [4.69, 9.17) is 10.5 Å². The van der Waals surface area contributed by atoms with Crippen LogP contribution in [0.1, 0.15) is 23.2 Å². The second-order valence-electron chi connectivity index (χ2n) is 4.47. The molecule has 2 rings (SSSR count). The Kier molecular flexibility index (Phi) is 3.89. The molecule has 1 unspecified atom stereocenters. The summed E-state index contributed by atoms with van der Waals surface area (Å²) in [7, 11) is 1.49. The highest BCUT2D eigenvalue weighted by atomic mass is 16.5. The van der Waals surface area contributed by atoms with Crippen molar-refractivity contribution in [3.8, 4) is 5.75 Å². The third-order valence-electron chi connectivity index (χ3n) is 3.06. The molecule has 1 saturated heterocycles. The van der Waals surface area contributed by atoms with Crippen molar-refractivity contribution in [3.63, 3.8) is 0 Å². The molecule has 0 spiro atoms. The molecular formula is C13H17N3O3. The summed E-state index contributed by atoms with van der Waals surface area (Å²) in [4.78, 5) is 23.1. The highest BCUT2D eigenvalue weighted by molar-refractivity contribution is 5.97. The number of nitrogens with two attached hydrogens (primary N) is 1. The Bertz CT molecular complexity index is 502. The summed E-state index contributed by atoms with van der Waals surface area (Å²) in [6.45, 7) is 0.415. The van der Waals surface area contributed by atoms with E-state index in [1.165, 1.54) is 7.11 Å². The van der Waals surface area contributed by atoms with Crippen LogP contribution in [0.2, 0.25) is 0 Å². The maximum atomic E-state index is 12.0. The molecule has 102 valence electrons. The lowest BCUT2D eigenvalue weighted by molar-refractivity contribution is -0.119. The highest BCUT2D eigenvalue weighted by Gasteiger charge is 2.21. The fourth-order valence-electron chi connectivity index (χ4n) is 2.04. The molecule has 2 amide bonds. The third-order valence-corrected chi connectivity index (χ3v) is 3.06. The zero-order valence-corrected chi connectivity index (χ0v) is 10.7. The van der Waals surface area contributed by atoms with Crippen LogP contribution in [-0.2, 0) is 4.79 Å². The minimum Gasteiger partial charge on any atom is -0.496 e. The SMILES string of the molecule is COc1cc(N)ccc1C(=O)NCC1CCC(=O)N1. The van der Waals surface area contributed by atoms with Crippen molar-refractivity contribution in [3.05, 3.63) is 23.8 Å². The summed E-state index contributed by atoms with van der Waals surface area (Å²) >= 11 is 0. The lowest BCUT2D eigenvalue weighted by Crippen LogP contribution is -2.38. The molecule has 6 heteroatoms. The Hall–Kier alpha value is -2.24. The van der Waals surface area contributed by atoms with Crippen LogP contribution in [0, 0.1) is 0 Å². The van der Waals surface area contributed by atoms with Gasteiger partial charge in [0.1, 0.15) is 5.75 Å². The number of carbonyl (C=O) groups is 2. The maximum Gasteiger partial charge on any atom is 0.255 e. The number of methoxy groups -OCH3 is 1. The summed E-state index contributed by atoms with van der Waals surface area (Å²) in [5.41, 5.74) is 6.60. The van der Waals surface area contributed by atoms with Gasteiger partial charge in [-0.25, -0.2) is 0 Å². The zero-order valence-electron chi connectivity index (χ0n) is 10.7. The summed E-state index contributed by atoms with van der Waals surface area (Å²) in [5, 5.41) is 5.57. The van der Waals surface area contributed by atoms with Crippen LogP contribution >= 0.6 is 0 Å². The monoisotopic (exact) mass is 263 g/mol. The molecule has 1 aliphatic heterocycles. The Labute approximate surface area is 111 Å². The van der Waals surface area contributed by atoms with Crippen molar-refractivity contribution in [1.82, 2.24) is 10.6 Å². The number of benzene rings is 1. The Morgan fingerprint density at radius 1 is 1.58 bits per heavy atom. The van der Waals surface area contributed by atoms with E-state index in [9.17, 15) is 9.59 Å². The van der Waals surface area contributed by atoms with Crippen molar-refractivity contribution in [2.45, 2.75) is 18.9 Å². The molecule has 1 atom stereocenters. The molecular weight excluding hydrogens is 246 g/mol. The van der Waals surface area contributed by atoms with E-state index >= 15 is 0 Å². The predicted octanol–water partition coefficient (Wildman–Crippen LogP) is 0.286. The van der Waals surface area contributed by atoms with Crippen LogP contribution in [0.15, 0.2) is 18.2 Å². The van der Waals surface area contributed by atoms with Gasteiger partial charge < -0.3 is 21.1 Å². The van der Waals surface area contributed by atoms with Crippen LogP contribution in [-0.4, -0.2) is 31.5 Å². The third kappa shape index (κ3) is 3.15. The molecule has 0 radical (unpaired) electrons. The van der Waals surface area contributed by atoms with E-state index in [-0.39, 0.29) is 17.9 Å². The molecule has 0 aromatic heterocycles. The van der Waals surface area contributed by atoms with Crippen molar-refractivity contribution in [2.24, 2.45) is 0 Å². The van der Waals surface area contributed by atoms with E-state index in [0.29, 0.717) is 30.0 Å². The molecule has 1 aromatic rings. The van der Waals surface area contributed by atoms with Crippen molar-refractivity contribution >= 4 is 17.5 Å². The molecule has 1 aliphatic rings. The number of hydrogen-bond acceptors (Lipinski definition) is 4. The first-order valence-corrected chi connectivity index (χ1v) is 6.11. The quantitative estimate of drug-likeness (QED) is 0.680. The second-order valence-corrected chi connectivity index (χ2v) is 4.47. The first-order chi connectivity index (χ1) is 9.10. The van der Waals surface area contributed by atoms with Gasteiger partial charge in [-0.3, -0.25) is 9.59 Å². The number of anilines is 1. The summed E-state index contributed by atoms with van der Waals surface area (Å²) in [6.07, 6.45) is 1.27. The van der Waals surface area contributed by atoms with Gasteiger partial charge in [0.05, 0.1) is 12.7 Å². The molecule has 1 heterocycles. The summed E-state index contributed by atoms with van der Waals surface area (Å²) < 4.78 is 5.13. The van der Waals surface area contributed by atoms with E-state index in [0.717, 1.165) is 6.42 Å². The molecule has 6 nitrogen and oxygen atoms in total. The Morgan fingerprint density at radius 2 is 2.37 bits per heavy atom. The Morgan fingerprint density at radius 3 is 3.00 bits per heavy atom. The van der Waals surface area contributed by atoms with Gasteiger partial charge in [-0.15, -0.1) is 0 Å². The number of nitrogens with one attached hydrogen (secondary N) is 2. The second kappa shape index (κ2) is 5.60. The normalized spacial score (nSPS) is 17.9. The number of amides is 2. The van der Waals surface area contributed by atoms with E-state index < -0.39 is 0 Å². The van der Waals surface area contributed by atoms with Gasteiger partial charge in [0, 0.05) is 30.8 Å². The molecule has 1 fully saturated rings. The average Bonchev–Trinajstić information content (AvgIpc) is 2.81. The standard InChI is InChI=1S/C13H17N3O3/c1-19-11-6-8(14)2-4-10(11)13(18)15-7-9-3-5-12(17)16-9/h2,4,6,9H,3,5,7,14H2,1H3,(H,15,18)(H,16,17). The van der Waals surface area contributed by atoms with Crippen LogP contribution in [0.5, 0.6) is 5.75 Å². The number of carbonyl (C=O) groups excluding carboxylic acids is 2. The van der Waals surface area contributed by atoms with E-state index in [2.05, 4.69) is 10.6 Å². The summed E-state index contributed by atoms with van der Waals surface area (Å²) in [5.74, 6) is 0.232. The average molecular weight is 263 g/mol. The first kappa shape index (κ1) is 13.2.